The zero-order valence-corrected chi connectivity index (χ0v) is 4.51. The van der Waals surface area contributed by atoms with Crippen molar-refractivity contribution in [2.24, 2.45) is 15.4 Å². The average Bonchev–Trinajstić information content (AvgIpc) is 1.86. The molecule has 0 unspecified atom stereocenters. The summed E-state index contributed by atoms with van der Waals surface area (Å²) < 4.78 is 0.800. The Balaban J connectivity index is 2.86. The van der Waals surface area contributed by atoms with Crippen molar-refractivity contribution < 1.29 is 17.9 Å². The Kier molecular flexibility index (Phi) is 0.968. The average molecular weight is 168 g/mol. The van der Waals surface area contributed by atoms with E-state index in [4.69, 9.17) is 0 Å². The SMILES string of the molecule is [Ru-2]=[C]1C=NN=N1. The second kappa shape index (κ2) is 1.47. The molecule has 34 valence electrons. The van der Waals surface area contributed by atoms with Crippen molar-refractivity contribution in [1.29, 1.82) is 0 Å². The molecule has 4 heteroatoms. The Labute approximate surface area is 44.4 Å². The maximum absolute atomic E-state index is 3.52. The van der Waals surface area contributed by atoms with Crippen molar-refractivity contribution >= 4 is 10.4 Å². The molecule has 0 fully saturated rings. The van der Waals surface area contributed by atoms with Crippen molar-refractivity contribution in [3.63, 3.8) is 0 Å². The van der Waals surface area contributed by atoms with Gasteiger partial charge in [-0.1, -0.05) is 0 Å². The van der Waals surface area contributed by atoms with Crippen molar-refractivity contribution in [3.05, 3.63) is 0 Å². The summed E-state index contributed by atoms with van der Waals surface area (Å²) in [7, 11) is 0. The summed E-state index contributed by atoms with van der Waals surface area (Å²) in [6.07, 6.45) is 1.58. The standard InChI is InChI=1S/C2HN3.Ru/c1-2-4-5-3-1;/h1H;/q;-2. The molecule has 0 amide bonds. The van der Waals surface area contributed by atoms with Crippen LogP contribution in [-0.2, 0) is 17.9 Å². The molecular formula is C2HN3Ru-2. The van der Waals surface area contributed by atoms with Gasteiger partial charge in [0.2, 0.25) is 0 Å². The maximum atomic E-state index is 3.52. The molecule has 1 aliphatic rings. The van der Waals surface area contributed by atoms with E-state index in [0.29, 0.717) is 0 Å². The molecule has 0 aliphatic carbocycles. The van der Waals surface area contributed by atoms with Crippen molar-refractivity contribution in [1.82, 2.24) is 0 Å². The van der Waals surface area contributed by atoms with Gasteiger partial charge >= 0.3 is 43.7 Å². The summed E-state index contributed by atoms with van der Waals surface area (Å²) in [6.45, 7) is 0. The van der Waals surface area contributed by atoms with E-state index in [1.807, 2.05) is 0 Å². The number of hydrogen-bond donors (Lipinski definition) is 0. The first-order chi connectivity index (χ1) is 2.89. The number of hydrogen-bond acceptors (Lipinski definition) is 3. The van der Waals surface area contributed by atoms with Crippen LogP contribution in [0.3, 0.4) is 0 Å². The van der Waals surface area contributed by atoms with Gasteiger partial charge in [-0.25, -0.2) is 0 Å². The summed E-state index contributed by atoms with van der Waals surface area (Å²) in [4.78, 5) is 0. The Hall–Kier alpha value is -0.237. The van der Waals surface area contributed by atoms with Gasteiger partial charge in [-0.05, 0) is 0 Å². The quantitative estimate of drug-likeness (QED) is 0.460. The molecule has 0 bridgehead atoms. The molecule has 0 N–H and O–H groups in total. The fourth-order valence-corrected chi connectivity index (χ4v) is 0.343. The zero-order valence-electron chi connectivity index (χ0n) is 2.77. The zero-order chi connectivity index (χ0) is 4.41. The third kappa shape index (κ3) is 0.628. The summed E-state index contributed by atoms with van der Waals surface area (Å²) in [5.74, 6) is 0. The van der Waals surface area contributed by atoms with Gasteiger partial charge in [0.25, 0.3) is 0 Å². The van der Waals surface area contributed by atoms with E-state index >= 15 is 0 Å². The molecule has 0 saturated carbocycles. The van der Waals surface area contributed by atoms with Gasteiger partial charge in [0.05, 0.1) is 0 Å². The predicted octanol–water partition coefficient (Wildman–Crippen LogP) is 0.115. The first-order valence-electron chi connectivity index (χ1n) is 1.35. The van der Waals surface area contributed by atoms with Gasteiger partial charge in [0.15, 0.2) is 0 Å². The molecule has 0 saturated heterocycles. The third-order valence-corrected chi connectivity index (χ3v) is 0.749. The Morgan fingerprint density at radius 2 is 2.50 bits per heavy atom. The predicted molar refractivity (Wildman–Crippen MR) is 18.4 cm³/mol. The van der Waals surface area contributed by atoms with Crippen LogP contribution in [0.1, 0.15) is 0 Å². The molecule has 0 atom stereocenters. The normalized spacial score (nSPS) is 17.3. The van der Waals surface area contributed by atoms with Gasteiger partial charge in [0.1, 0.15) is 0 Å². The van der Waals surface area contributed by atoms with Crippen molar-refractivity contribution in [2.75, 3.05) is 0 Å². The molecule has 0 aromatic heterocycles. The molecule has 6 heavy (non-hydrogen) atoms. The van der Waals surface area contributed by atoms with E-state index in [-0.39, 0.29) is 0 Å². The second-order valence-electron chi connectivity index (χ2n) is 0.744. The summed E-state index contributed by atoms with van der Waals surface area (Å²) in [5.41, 5.74) is 0. The molecule has 1 heterocycles. The molecule has 0 radical (unpaired) electrons. The van der Waals surface area contributed by atoms with E-state index < -0.39 is 0 Å². The van der Waals surface area contributed by atoms with Gasteiger partial charge in [-0.2, -0.15) is 0 Å². The fourth-order valence-electron chi connectivity index (χ4n) is 0.165. The second-order valence-corrected chi connectivity index (χ2v) is 1.63. The van der Waals surface area contributed by atoms with E-state index in [9.17, 15) is 0 Å². The van der Waals surface area contributed by atoms with Crippen LogP contribution in [0.2, 0.25) is 0 Å². The van der Waals surface area contributed by atoms with Crippen LogP contribution < -0.4 is 0 Å². The summed E-state index contributed by atoms with van der Waals surface area (Å²) in [5, 5.41) is 10.3. The van der Waals surface area contributed by atoms with Crippen LogP contribution in [0, 0.1) is 0 Å². The third-order valence-electron chi connectivity index (χ3n) is 0.351. The molecule has 0 aromatic rings. The van der Waals surface area contributed by atoms with Crippen LogP contribution >= 0.6 is 0 Å². The Bertz CT molecular complexity index is 111. The minimum absolute atomic E-state index is 0.800. The number of nitrogens with zero attached hydrogens (tertiary/aromatic N) is 3. The Morgan fingerprint density at radius 3 is 2.67 bits per heavy atom. The van der Waals surface area contributed by atoms with Gasteiger partial charge < -0.3 is 0 Å². The minimum atomic E-state index is 0.800. The van der Waals surface area contributed by atoms with Gasteiger partial charge in [-0.15, -0.1) is 0 Å². The topological polar surface area (TPSA) is 37.1 Å². The summed E-state index contributed by atoms with van der Waals surface area (Å²) in [6, 6.07) is 0. The van der Waals surface area contributed by atoms with Gasteiger partial charge in [0, 0.05) is 0 Å². The molecule has 3 nitrogen and oxygen atoms in total. The van der Waals surface area contributed by atoms with E-state index in [0.717, 1.165) is 4.23 Å². The van der Waals surface area contributed by atoms with Gasteiger partial charge in [-0.3, -0.25) is 0 Å². The van der Waals surface area contributed by atoms with E-state index in [2.05, 4.69) is 33.3 Å². The molecular weight excluding hydrogens is 167 g/mol. The monoisotopic (exact) mass is 169 g/mol. The van der Waals surface area contributed by atoms with Crippen molar-refractivity contribution in [3.8, 4) is 0 Å². The summed E-state index contributed by atoms with van der Waals surface area (Å²) >= 11 is 2.29. The fraction of sp³-hybridized carbons (Fsp3) is 0. The van der Waals surface area contributed by atoms with Crippen LogP contribution in [0.5, 0.6) is 0 Å². The Morgan fingerprint density at radius 1 is 1.67 bits per heavy atom. The number of rotatable bonds is 0. The van der Waals surface area contributed by atoms with Crippen LogP contribution in [0.15, 0.2) is 15.4 Å². The first-order valence-corrected chi connectivity index (χ1v) is 2.22. The van der Waals surface area contributed by atoms with E-state index in [1.165, 1.54) is 0 Å². The van der Waals surface area contributed by atoms with E-state index in [1.54, 1.807) is 6.21 Å². The molecule has 0 aromatic carbocycles. The van der Waals surface area contributed by atoms with Crippen LogP contribution in [-0.4, -0.2) is 10.4 Å². The van der Waals surface area contributed by atoms with Crippen LogP contribution in [0.25, 0.3) is 0 Å². The molecule has 1 rings (SSSR count). The first kappa shape index (κ1) is 3.94. The van der Waals surface area contributed by atoms with Crippen LogP contribution in [0.4, 0.5) is 0 Å². The molecule has 1 aliphatic heterocycles. The molecule has 0 spiro atoms. The van der Waals surface area contributed by atoms with Crippen molar-refractivity contribution in [2.45, 2.75) is 0 Å².